The maximum atomic E-state index is 10.6. The molecule has 0 aliphatic carbocycles. The number of aliphatic carboxylic acids is 1. The van der Waals surface area contributed by atoms with Crippen LogP contribution in [-0.4, -0.2) is 23.7 Å². The summed E-state index contributed by atoms with van der Waals surface area (Å²) in [5.74, 6) is -1.07. The highest BCUT2D eigenvalue weighted by Gasteiger charge is 2.20. The van der Waals surface area contributed by atoms with Gasteiger partial charge in [0.2, 0.25) is 0 Å². The van der Waals surface area contributed by atoms with Gasteiger partial charge in [0.05, 0.1) is 5.92 Å². The Balaban J connectivity index is 3.88. The molecule has 0 saturated heterocycles. The van der Waals surface area contributed by atoms with E-state index in [1.165, 1.54) is 0 Å². The molecule has 78 valence electrons. The first-order chi connectivity index (χ1) is 5.74. The van der Waals surface area contributed by atoms with E-state index >= 15 is 0 Å². The van der Waals surface area contributed by atoms with Gasteiger partial charge >= 0.3 is 5.97 Å². The lowest BCUT2D eigenvalue weighted by Crippen LogP contribution is -2.40. The summed E-state index contributed by atoms with van der Waals surface area (Å²) in [5, 5.41) is 12.0. The van der Waals surface area contributed by atoms with E-state index in [-0.39, 0.29) is 17.4 Å². The van der Waals surface area contributed by atoms with E-state index in [2.05, 4.69) is 26.1 Å². The van der Waals surface area contributed by atoms with Crippen molar-refractivity contribution in [2.75, 3.05) is 6.54 Å². The quantitative estimate of drug-likeness (QED) is 0.704. The minimum Gasteiger partial charge on any atom is -0.481 e. The summed E-state index contributed by atoms with van der Waals surface area (Å²) in [6, 6.07) is 0.0247. The highest BCUT2D eigenvalue weighted by atomic mass is 16.4. The minimum atomic E-state index is -0.742. The molecule has 3 nitrogen and oxygen atoms in total. The van der Waals surface area contributed by atoms with Crippen molar-refractivity contribution in [2.45, 2.75) is 40.7 Å². The molecule has 0 radical (unpaired) electrons. The second kappa shape index (κ2) is 4.61. The SMILES string of the molecule is CC(NCC(C)(C)C)C(C)C(=O)O. The fraction of sp³-hybridized carbons (Fsp3) is 0.900. The average molecular weight is 187 g/mol. The van der Waals surface area contributed by atoms with Crippen molar-refractivity contribution in [1.29, 1.82) is 0 Å². The summed E-state index contributed by atoms with van der Waals surface area (Å²) < 4.78 is 0. The van der Waals surface area contributed by atoms with Crippen LogP contribution < -0.4 is 5.32 Å². The first-order valence-electron chi connectivity index (χ1n) is 4.70. The van der Waals surface area contributed by atoms with E-state index in [1.807, 2.05) is 6.92 Å². The zero-order chi connectivity index (χ0) is 10.6. The van der Waals surface area contributed by atoms with Gasteiger partial charge in [-0.1, -0.05) is 27.7 Å². The van der Waals surface area contributed by atoms with Crippen LogP contribution in [0, 0.1) is 11.3 Å². The molecule has 0 saturated carbocycles. The molecule has 0 aromatic rings. The average Bonchev–Trinajstić information content (AvgIpc) is 1.97. The fourth-order valence-electron chi connectivity index (χ4n) is 0.858. The normalized spacial score (nSPS) is 16.7. The molecule has 0 spiro atoms. The van der Waals surface area contributed by atoms with E-state index in [0.29, 0.717) is 0 Å². The van der Waals surface area contributed by atoms with Crippen LogP contribution >= 0.6 is 0 Å². The largest absolute Gasteiger partial charge is 0.481 e. The zero-order valence-electron chi connectivity index (χ0n) is 9.22. The lowest BCUT2D eigenvalue weighted by molar-refractivity contribution is -0.141. The predicted molar refractivity (Wildman–Crippen MR) is 53.7 cm³/mol. The van der Waals surface area contributed by atoms with E-state index in [9.17, 15) is 4.79 Å². The second-order valence-electron chi connectivity index (χ2n) is 4.86. The van der Waals surface area contributed by atoms with Gasteiger partial charge in [0.25, 0.3) is 0 Å². The molecule has 0 aromatic heterocycles. The van der Waals surface area contributed by atoms with Crippen molar-refractivity contribution in [3.05, 3.63) is 0 Å². The summed E-state index contributed by atoms with van der Waals surface area (Å²) in [6.45, 7) is 10.8. The second-order valence-corrected chi connectivity index (χ2v) is 4.86. The van der Waals surface area contributed by atoms with Gasteiger partial charge in [-0.15, -0.1) is 0 Å². The summed E-state index contributed by atoms with van der Waals surface area (Å²) in [7, 11) is 0. The van der Waals surface area contributed by atoms with E-state index in [1.54, 1.807) is 6.92 Å². The van der Waals surface area contributed by atoms with Crippen molar-refractivity contribution in [3.63, 3.8) is 0 Å². The van der Waals surface area contributed by atoms with Gasteiger partial charge in [-0.05, 0) is 12.3 Å². The number of carboxylic acid groups (broad SMARTS) is 1. The predicted octanol–water partition coefficient (Wildman–Crippen LogP) is 1.73. The van der Waals surface area contributed by atoms with Crippen LogP contribution in [0.2, 0.25) is 0 Å². The van der Waals surface area contributed by atoms with Crippen LogP contribution in [0.1, 0.15) is 34.6 Å². The van der Waals surface area contributed by atoms with Gasteiger partial charge in [-0.25, -0.2) is 0 Å². The Morgan fingerprint density at radius 3 is 2.15 bits per heavy atom. The third kappa shape index (κ3) is 5.64. The summed E-state index contributed by atoms with van der Waals surface area (Å²) >= 11 is 0. The van der Waals surface area contributed by atoms with Crippen LogP contribution in [0.15, 0.2) is 0 Å². The number of rotatable bonds is 4. The van der Waals surface area contributed by atoms with E-state index in [4.69, 9.17) is 5.11 Å². The van der Waals surface area contributed by atoms with Crippen molar-refractivity contribution in [1.82, 2.24) is 5.32 Å². The van der Waals surface area contributed by atoms with Crippen molar-refractivity contribution in [2.24, 2.45) is 11.3 Å². The molecule has 3 heteroatoms. The number of carbonyl (C=O) groups is 1. The molecule has 2 N–H and O–H groups in total. The van der Waals surface area contributed by atoms with Gasteiger partial charge in [0, 0.05) is 12.6 Å². The molecule has 0 fully saturated rings. The molecule has 2 unspecified atom stereocenters. The number of nitrogens with one attached hydrogen (secondary N) is 1. The smallest absolute Gasteiger partial charge is 0.307 e. The Kier molecular flexibility index (Phi) is 4.40. The molecule has 0 heterocycles. The van der Waals surface area contributed by atoms with Gasteiger partial charge in [-0.3, -0.25) is 4.79 Å². The summed E-state index contributed by atoms with van der Waals surface area (Å²) in [6.07, 6.45) is 0. The van der Waals surface area contributed by atoms with Crippen LogP contribution in [0.3, 0.4) is 0 Å². The van der Waals surface area contributed by atoms with Crippen LogP contribution in [0.25, 0.3) is 0 Å². The first-order valence-corrected chi connectivity index (χ1v) is 4.70. The van der Waals surface area contributed by atoms with Gasteiger partial charge < -0.3 is 10.4 Å². The first kappa shape index (κ1) is 12.4. The topological polar surface area (TPSA) is 49.3 Å². The molecule has 13 heavy (non-hydrogen) atoms. The van der Waals surface area contributed by atoms with E-state index < -0.39 is 5.97 Å². The molecular weight excluding hydrogens is 166 g/mol. The van der Waals surface area contributed by atoms with Crippen molar-refractivity contribution in [3.8, 4) is 0 Å². The lowest BCUT2D eigenvalue weighted by atomic mass is 9.95. The van der Waals surface area contributed by atoms with Crippen LogP contribution in [0.4, 0.5) is 0 Å². The van der Waals surface area contributed by atoms with Gasteiger partial charge in [0.15, 0.2) is 0 Å². The number of hydrogen-bond acceptors (Lipinski definition) is 2. The molecule has 2 atom stereocenters. The maximum Gasteiger partial charge on any atom is 0.307 e. The lowest BCUT2D eigenvalue weighted by Gasteiger charge is -2.24. The van der Waals surface area contributed by atoms with Crippen molar-refractivity contribution >= 4 is 5.97 Å². The van der Waals surface area contributed by atoms with E-state index in [0.717, 1.165) is 6.54 Å². The fourth-order valence-corrected chi connectivity index (χ4v) is 0.858. The number of carboxylic acids is 1. The Morgan fingerprint density at radius 2 is 1.85 bits per heavy atom. The Labute approximate surface area is 80.5 Å². The monoisotopic (exact) mass is 187 g/mol. The zero-order valence-corrected chi connectivity index (χ0v) is 9.22. The van der Waals surface area contributed by atoms with Gasteiger partial charge in [-0.2, -0.15) is 0 Å². The molecule has 0 aromatic carbocycles. The summed E-state index contributed by atoms with van der Waals surface area (Å²) in [5.41, 5.74) is 0.201. The minimum absolute atomic E-state index is 0.0247. The molecule has 0 aliphatic rings. The standard InChI is InChI=1S/C10H21NO2/c1-7(9(12)13)8(2)11-6-10(3,4)5/h7-8,11H,6H2,1-5H3,(H,12,13). The molecule has 0 amide bonds. The third-order valence-electron chi connectivity index (χ3n) is 2.09. The summed E-state index contributed by atoms with van der Waals surface area (Å²) in [4.78, 5) is 10.6. The molecule has 0 bridgehead atoms. The molecule has 0 aliphatic heterocycles. The van der Waals surface area contributed by atoms with Gasteiger partial charge in [0.1, 0.15) is 0 Å². The number of hydrogen-bond donors (Lipinski definition) is 2. The highest BCUT2D eigenvalue weighted by molar-refractivity contribution is 5.70. The van der Waals surface area contributed by atoms with Crippen molar-refractivity contribution < 1.29 is 9.90 Å². The Hall–Kier alpha value is -0.570. The highest BCUT2D eigenvalue weighted by Crippen LogP contribution is 2.12. The third-order valence-corrected chi connectivity index (χ3v) is 2.09. The Morgan fingerprint density at radius 1 is 1.38 bits per heavy atom. The Bertz CT molecular complexity index is 172. The molecular formula is C10H21NO2. The van der Waals surface area contributed by atoms with Crippen LogP contribution in [-0.2, 0) is 4.79 Å². The van der Waals surface area contributed by atoms with Crippen LogP contribution in [0.5, 0.6) is 0 Å². The maximum absolute atomic E-state index is 10.6. The molecule has 0 rings (SSSR count).